The summed E-state index contributed by atoms with van der Waals surface area (Å²) in [6.07, 6.45) is 9.34. The number of nitrogens with one attached hydrogen (secondary N) is 2. The highest BCUT2D eigenvalue weighted by Crippen LogP contribution is 2.64. The zero-order valence-electron chi connectivity index (χ0n) is 37.4. The minimum Gasteiger partial charge on any atom is -0.344 e. The number of H-pyrrole nitrogens is 2. The highest BCUT2D eigenvalue weighted by molar-refractivity contribution is 5.99. The molecule has 6 aliphatic heterocycles. The second kappa shape index (κ2) is 11.6. The molecule has 3 aromatic rings. The molecule has 15 atom stereocenters. The predicted octanol–water partition coefficient (Wildman–Crippen LogP) is 6.50. The first-order valence-corrected chi connectivity index (χ1v) is 23.6. The fourth-order valence-corrected chi connectivity index (χ4v) is 14.7. The summed E-state index contributed by atoms with van der Waals surface area (Å²) in [4.78, 5) is 40.2. The van der Waals surface area contributed by atoms with Crippen molar-refractivity contribution in [1.29, 1.82) is 0 Å². The number of ether oxygens (including phenoxy) is 8. The standard InChI is InChI=1S/C49H50N8O8/c1-46(2)58-24-12-11-16(32(24)59-46)19-15-25-50-39(19)52-41-26-17-9-10-18(34-33(17)60-47(3,4)61-34)27(26)42(54-41)55-44-30-22-14-23(38-37(22)64-49(7,8)65-38)31(30)45(57-44)56-43-29-21-13-20(28(29)40(51-25)53-43)35-36(21)63-48(5,6)62-35/h9-12,15-18,20-24,32-38H,13-14H2,1-8H3,(H2,50,51,52,53,54,55,56,57). The van der Waals surface area contributed by atoms with E-state index in [4.69, 9.17) is 67.8 Å². The molecule has 2 N–H and O–H groups in total. The van der Waals surface area contributed by atoms with Crippen LogP contribution in [0.3, 0.4) is 0 Å². The molecule has 14 bridgehead atoms. The van der Waals surface area contributed by atoms with Gasteiger partial charge in [0.1, 0.15) is 34.8 Å². The van der Waals surface area contributed by atoms with Crippen LogP contribution in [0.2, 0.25) is 0 Å². The van der Waals surface area contributed by atoms with Gasteiger partial charge in [-0.2, -0.15) is 0 Å². The number of fused-ring (bicyclic) bond motifs is 28. The number of hydrogen-bond acceptors (Lipinski definition) is 14. The molecule has 16 heteroatoms. The molecule has 2 saturated carbocycles. The Hall–Kier alpha value is -4.52. The van der Waals surface area contributed by atoms with Crippen LogP contribution in [0.15, 0.2) is 30.4 Å². The third-order valence-electron chi connectivity index (χ3n) is 16.6. The Morgan fingerprint density at radius 3 is 1.45 bits per heavy atom. The summed E-state index contributed by atoms with van der Waals surface area (Å²) in [5.41, 5.74) is 10.2. The number of rotatable bonds is 1. The molecule has 334 valence electrons. The average molecular weight is 879 g/mol. The Kier molecular flexibility index (Phi) is 6.70. The van der Waals surface area contributed by atoms with E-state index < -0.39 is 23.1 Å². The van der Waals surface area contributed by atoms with E-state index in [1.165, 1.54) is 0 Å². The minimum atomic E-state index is -0.746. The first kappa shape index (κ1) is 37.6. The molecule has 6 fully saturated rings. The second-order valence-corrected chi connectivity index (χ2v) is 22.2. The van der Waals surface area contributed by atoms with Crippen molar-refractivity contribution >= 4 is 44.9 Å². The number of aromatic nitrogens is 8. The maximum atomic E-state index is 6.66. The molecule has 0 amide bonds. The van der Waals surface area contributed by atoms with Gasteiger partial charge in [-0.1, -0.05) is 24.3 Å². The highest BCUT2D eigenvalue weighted by Gasteiger charge is 2.64. The lowest BCUT2D eigenvalue weighted by Crippen LogP contribution is -2.43. The fraction of sp³-hybridized carbons (Fsp3) is 0.592. The van der Waals surface area contributed by atoms with Gasteiger partial charge in [-0.05, 0) is 74.3 Å². The lowest BCUT2D eigenvalue weighted by atomic mass is 9.68. The Bertz CT molecular complexity index is 3070. The third-order valence-corrected chi connectivity index (χ3v) is 16.6. The van der Waals surface area contributed by atoms with Crippen LogP contribution in [-0.4, -0.2) is 112 Å². The lowest BCUT2D eigenvalue weighted by Gasteiger charge is -2.39. The number of nitrogens with zero attached hydrogens (tertiary/aromatic N) is 6. The van der Waals surface area contributed by atoms with Crippen molar-refractivity contribution < 1.29 is 37.9 Å². The quantitative estimate of drug-likeness (QED) is 0.253. The lowest BCUT2D eigenvalue weighted by molar-refractivity contribution is -0.156. The van der Waals surface area contributed by atoms with Gasteiger partial charge in [0.15, 0.2) is 46.4 Å². The smallest absolute Gasteiger partial charge is 0.164 e. The van der Waals surface area contributed by atoms with Gasteiger partial charge in [0.25, 0.3) is 0 Å². The van der Waals surface area contributed by atoms with Crippen LogP contribution in [0, 0.1) is 23.7 Å². The number of aromatic amines is 2. The van der Waals surface area contributed by atoms with Crippen LogP contribution < -0.4 is 0 Å². The molecule has 16 nitrogen and oxygen atoms in total. The van der Waals surface area contributed by atoms with Gasteiger partial charge in [0.2, 0.25) is 0 Å². The fourth-order valence-electron chi connectivity index (χ4n) is 14.7. The molecular weight excluding hydrogens is 829 g/mol. The van der Waals surface area contributed by atoms with E-state index in [0.717, 1.165) is 63.1 Å². The van der Waals surface area contributed by atoms with Gasteiger partial charge in [0.05, 0.1) is 36.6 Å². The Balaban J connectivity index is 0.974. The maximum Gasteiger partial charge on any atom is 0.164 e. The van der Waals surface area contributed by atoms with E-state index >= 15 is 0 Å². The van der Waals surface area contributed by atoms with Crippen molar-refractivity contribution in [3.63, 3.8) is 0 Å². The van der Waals surface area contributed by atoms with Crippen molar-refractivity contribution in [2.24, 2.45) is 23.7 Å². The Labute approximate surface area is 373 Å². The van der Waals surface area contributed by atoms with E-state index in [1.807, 2.05) is 55.4 Å². The first-order valence-electron chi connectivity index (χ1n) is 23.6. The summed E-state index contributed by atoms with van der Waals surface area (Å²) in [5, 5.41) is 0. The molecule has 15 unspecified atom stereocenters. The largest absolute Gasteiger partial charge is 0.344 e. The van der Waals surface area contributed by atoms with Gasteiger partial charge >= 0.3 is 0 Å². The molecule has 0 spiro atoms. The van der Waals surface area contributed by atoms with Crippen molar-refractivity contribution in [1.82, 2.24) is 39.9 Å². The summed E-state index contributed by atoms with van der Waals surface area (Å²) >= 11 is 0. The zero-order chi connectivity index (χ0) is 43.6. The molecule has 14 aliphatic rings. The van der Waals surface area contributed by atoms with Crippen LogP contribution in [0.25, 0.3) is 44.9 Å². The zero-order valence-corrected chi connectivity index (χ0v) is 37.4. The van der Waals surface area contributed by atoms with E-state index in [1.54, 1.807) is 0 Å². The predicted molar refractivity (Wildman–Crippen MR) is 231 cm³/mol. The van der Waals surface area contributed by atoms with Gasteiger partial charge < -0.3 is 47.9 Å². The monoisotopic (exact) mass is 878 g/mol. The van der Waals surface area contributed by atoms with Gasteiger partial charge in [-0.25, -0.2) is 29.9 Å². The van der Waals surface area contributed by atoms with Crippen LogP contribution in [-0.2, 0) is 37.9 Å². The SMILES string of the molecule is CC1(C)OC2C=CC(c3cc4nc5[nH]c(nc6nc(nc7nc(nc3[nH]4)C3=C7C4C=CC3C3OC(C)(C)OC43)C3=C6C4CC3C3OC(C)(C)OC43)c3c5C4CC3C3OC(C)(C)OC43)C2O1. The van der Waals surface area contributed by atoms with E-state index in [2.05, 4.69) is 40.3 Å². The second-order valence-electron chi connectivity index (χ2n) is 22.2. The molecule has 4 saturated heterocycles. The van der Waals surface area contributed by atoms with E-state index in [0.29, 0.717) is 34.6 Å². The van der Waals surface area contributed by atoms with Crippen LogP contribution in [0.5, 0.6) is 0 Å². The molecule has 0 aromatic carbocycles. The minimum absolute atomic E-state index is 0.0414. The van der Waals surface area contributed by atoms with Gasteiger partial charge in [-0.3, -0.25) is 0 Å². The molecule has 0 radical (unpaired) electrons. The van der Waals surface area contributed by atoms with Gasteiger partial charge in [0, 0.05) is 80.4 Å². The molecule has 9 heterocycles. The third kappa shape index (κ3) is 4.84. The first-order chi connectivity index (χ1) is 31.0. The summed E-state index contributed by atoms with van der Waals surface area (Å²) in [5.74, 6) is -0.613. The van der Waals surface area contributed by atoms with Crippen LogP contribution in [0.1, 0.15) is 126 Å². The van der Waals surface area contributed by atoms with Crippen LogP contribution >= 0.6 is 0 Å². The van der Waals surface area contributed by atoms with Gasteiger partial charge in [-0.15, -0.1) is 0 Å². The summed E-state index contributed by atoms with van der Waals surface area (Å²) in [7, 11) is 0. The summed E-state index contributed by atoms with van der Waals surface area (Å²) < 4.78 is 52.8. The summed E-state index contributed by atoms with van der Waals surface area (Å²) in [6, 6.07) is 2.11. The van der Waals surface area contributed by atoms with Crippen molar-refractivity contribution in [3.8, 4) is 0 Å². The van der Waals surface area contributed by atoms with E-state index in [-0.39, 0.29) is 90.3 Å². The van der Waals surface area contributed by atoms with Crippen molar-refractivity contribution in [3.05, 3.63) is 70.4 Å². The van der Waals surface area contributed by atoms with Crippen molar-refractivity contribution in [2.75, 3.05) is 0 Å². The molecule has 65 heavy (non-hydrogen) atoms. The topological polar surface area (TPSA) is 183 Å². The Morgan fingerprint density at radius 2 is 0.846 bits per heavy atom. The normalized spacial score (nSPS) is 42.2. The average Bonchev–Trinajstić information content (AvgIpc) is 4.05. The molecule has 3 aromatic heterocycles. The summed E-state index contributed by atoms with van der Waals surface area (Å²) in [6.45, 7) is 15.9. The van der Waals surface area contributed by atoms with E-state index in [9.17, 15) is 0 Å². The molecule has 17 rings (SSSR count). The van der Waals surface area contributed by atoms with Crippen LogP contribution in [0.4, 0.5) is 0 Å². The molecular formula is C49H50N8O8. The number of hydrogen-bond donors (Lipinski definition) is 2. The molecule has 8 aliphatic carbocycles. The highest BCUT2D eigenvalue weighted by atomic mass is 16.8. The maximum absolute atomic E-state index is 6.66. The van der Waals surface area contributed by atoms with Crippen molar-refractivity contribution in [2.45, 2.75) is 158 Å². The Morgan fingerprint density at radius 1 is 0.415 bits per heavy atom.